The van der Waals surface area contributed by atoms with Crippen LogP contribution in [0.2, 0.25) is 0 Å². The number of fused-ring (bicyclic) bond motifs is 4. The van der Waals surface area contributed by atoms with Crippen molar-refractivity contribution in [1.29, 1.82) is 5.26 Å². The van der Waals surface area contributed by atoms with Crippen LogP contribution in [0.25, 0.3) is 11.0 Å². The molecule has 5 rings (SSSR count). The fraction of sp³-hybridized carbons (Fsp3) is 0.438. The molecule has 1 atom stereocenters. The van der Waals surface area contributed by atoms with Crippen LogP contribution < -0.4 is 5.32 Å². The van der Waals surface area contributed by atoms with E-state index in [0.29, 0.717) is 28.1 Å². The zero-order valence-corrected chi connectivity index (χ0v) is 12.1. The van der Waals surface area contributed by atoms with E-state index >= 15 is 0 Å². The molecule has 112 valence electrons. The molecule has 0 radical (unpaired) electrons. The minimum absolute atomic E-state index is 0.175. The molecular weight excluding hydrogens is 280 g/mol. The second-order valence-corrected chi connectivity index (χ2v) is 6.04. The lowest BCUT2D eigenvalue weighted by Gasteiger charge is -2.44. The minimum Gasteiger partial charge on any atom is -0.461 e. The summed E-state index contributed by atoms with van der Waals surface area (Å²) in [5.74, 6) is 0.395. The van der Waals surface area contributed by atoms with Crippen molar-refractivity contribution in [3.8, 4) is 6.07 Å². The molecule has 2 bridgehead atoms. The van der Waals surface area contributed by atoms with Crippen molar-refractivity contribution in [3.05, 3.63) is 29.8 Å². The van der Waals surface area contributed by atoms with Gasteiger partial charge in [0, 0.05) is 18.0 Å². The van der Waals surface area contributed by atoms with Crippen LogP contribution >= 0.6 is 0 Å². The highest BCUT2D eigenvalue weighted by molar-refractivity contribution is 5.96. The van der Waals surface area contributed by atoms with Gasteiger partial charge in [-0.1, -0.05) is 0 Å². The Balaban J connectivity index is 1.56. The summed E-state index contributed by atoms with van der Waals surface area (Å²) in [5, 5.41) is 12.8. The molecule has 2 aromatic rings. The Kier molecular flexibility index (Phi) is 3.09. The van der Waals surface area contributed by atoms with Crippen LogP contribution in [0.5, 0.6) is 0 Å². The maximum Gasteiger partial charge on any atom is 0.270 e. The van der Waals surface area contributed by atoms with Gasteiger partial charge < -0.3 is 14.6 Å². The number of furan rings is 1. The summed E-state index contributed by atoms with van der Waals surface area (Å²) in [6.45, 7) is 3.21. The van der Waals surface area contributed by atoms with E-state index in [1.54, 1.807) is 6.07 Å². The van der Waals surface area contributed by atoms with Crippen LogP contribution in [0.15, 0.2) is 22.9 Å². The first-order chi connectivity index (χ1) is 10.7. The Morgan fingerprint density at radius 1 is 1.45 bits per heavy atom. The molecule has 3 aliphatic heterocycles. The molecule has 3 fully saturated rings. The van der Waals surface area contributed by atoms with Crippen LogP contribution in [0.4, 0.5) is 0 Å². The third-order valence-corrected chi connectivity index (χ3v) is 4.79. The molecule has 1 amide bonds. The van der Waals surface area contributed by atoms with E-state index in [0.717, 1.165) is 32.5 Å². The monoisotopic (exact) mass is 296 g/mol. The van der Waals surface area contributed by atoms with Crippen molar-refractivity contribution in [2.75, 3.05) is 19.6 Å². The predicted octanol–water partition coefficient (Wildman–Crippen LogP) is 1.52. The lowest BCUT2D eigenvalue weighted by Crippen LogP contribution is -2.57. The van der Waals surface area contributed by atoms with Gasteiger partial charge in [-0.05, 0) is 37.9 Å². The number of hydrogen-bond acceptors (Lipinski definition) is 5. The second kappa shape index (κ2) is 5.11. The van der Waals surface area contributed by atoms with E-state index in [4.69, 9.17) is 9.68 Å². The Bertz CT molecular complexity index is 768. The van der Waals surface area contributed by atoms with E-state index in [1.165, 1.54) is 12.5 Å². The summed E-state index contributed by atoms with van der Waals surface area (Å²) < 4.78 is 5.24. The van der Waals surface area contributed by atoms with E-state index < -0.39 is 0 Å². The third kappa shape index (κ3) is 2.14. The lowest BCUT2D eigenvalue weighted by molar-refractivity contribution is 0.0618. The zero-order valence-electron chi connectivity index (χ0n) is 12.1. The van der Waals surface area contributed by atoms with Gasteiger partial charge in [0.2, 0.25) is 0 Å². The number of carbonyl (C=O) groups is 1. The topological polar surface area (TPSA) is 82.2 Å². The van der Waals surface area contributed by atoms with E-state index in [9.17, 15) is 4.79 Å². The Morgan fingerprint density at radius 2 is 2.27 bits per heavy atom. The number of hydrogen-bond donors (Lipinski definition) is 1. The van der Waals surface area contributed by atoms with Crippen molar-refractivity contribution in [3.63, 3.8) is 0 Å². The second-order valence-electron chi connectivity index (χ2n) is 6.04. The predicted molar refractivity (Wildman–Crippen MR) is 79.1 cm³/mol. The van der Waals surface area contributed by atoms with Crippen molar-refractivity contribution < 1.29 is 9.21 Å². The van der Waals surface area contributed by atoms with Crippen molar-refractivity contribution in [1.82, 2.24) is 15.2 Å². The van der Waals surface area contributed by atoms with Crippen LogP contribution in [0.1, 0.15) is 28.9 Å². The fourth-order valence-corrected chi connectivity index (χ4v) is 3.51. The number of nitrogens with zero attached hydrogens (tertiary/aromatic N) is 3. The molecule has 2 aromatic heterocycles. The summed E-state index contributed by atoms with van der Waals surface area (Å²) in [6, 6.07) is 3.89. The van der Waals surface area contributed by atoms with Gasteiger partial charge in [-0.2, -0.15) is 5.26 Å². The lowest BCUT2D eigenvalue weighted by atomic mass is 9.84. The highest BCUT2D eigenvalue weighted by Gasteiger charge is 2.35. The smallest absolute Gasteiger partial charge is 0.270 e. The molecule has 1 unspecified atom stereocenters. The number of nitriles is 1. The van der Waals surface area contributed by atoms with Crippen LogP contribution in [0.3, 0.4) is 0 Å². The normalized spacial score (nSPS) is 26.8. The van der Waals surface area contributed by atoms with Crippen LogP contribution in [-0.2, 0) is 0 Å². The third-order valence-electron chi connectivity index (χ3n) is 4.79. The van der Waals surface area contributed by atoms with E-state index in [-0.39, 0.29) is 11.9 Å². The molecule has 0 aliphatic carbocycles. The number of carbonyl (C=O) groups excluding carboxylic acids is 1. The van der Waals surface area contributed by atoms with Crippen LogP contribution in [0, 0.1) is 17.2 Å². The number of piperidine rings is 3. The molecule has 6 heteroatoms. The molecule has 3 saturated heterocycles. The van der Waals surface area contributed by atoms with E-state index in [1.807, 2.05) is 0 Å². The van der Waals surface area contributed by atoms with E-state index in [2.05, 4.69) is 21.3 Å². The molecular formula is C16H16N4O2. The molecule has 0 aromatic carbocycles. The molecule has 0 saturated carbocycles. The first-order valence-corrected chi connectivity index (χ1v) is 7.55. The van der Waals surface area contributed by atoms with Gasteiger partial charge in [0.05, 0.1) is 11.8 Å². The maximum absolute atomic E-state index is 12.4. The van der Waals surface area contributed by atoms with Crippen molar-refractivity contribution >= 4 is 16.9 Å². The largest absolute Gasteiger partial charge is 0.461 e. The number of nitrogens with one attached hydrogen (secondary N) is 1. The Labute approximate surface area is 127 Å². The molecule has 5 heterocycles. The number of rotatable bonds is 2. The quantitative estimate of drug-likeness (QED) is 0.908. The summed E-state index contributed by atoms with van der Waals surface area (Å²) in [7, 11) is 0. The SMILES string of the molecule is N#Cc1coc2cnc(C(=O)NC3CN4CCC3CC4)cc12. The van der Waals surface area contributed by atoms with Gasteiger partial charge in [0.1, 0.15) is 18.0 Å². The van der Waals surface area contributed by atoms with Gasteiger partial charge in [0.15, 0.2) is 5.58 Å². The molecule has 3 aliphatic rings. The van der Waals surface area contributed by atoms with Gasteiger partial charge in [-0.15, -0.1) is 0 Å². The summed E-state index contributed by atoms with van der Waals surface area (Å²) in [5.41, 5.74) is 1.28. The molecule has 22 heavy (non-hydrogen) atoms. The highest BCUT2D eigenvalue weighted by Crippen LogP contribution is 2.28. The highest BCUT2D eigenvalue weighted by atomic mass is 16.3. The Hall–Kier alpha value is -2.39. The standard InChI is InChI=1S/C16H16N4O2/c17-6-11-9-22-15-7-18-13(5-12(11)15)16(21)19-14-8-20-3-1-10(14)2-4-20/h5,7,9-10,14H,1-4,8H2,(H,19,21). The summed E-state index contributed by atoms with van der Waals surface area (Å²) >= 11 is 0. The molecule has 1 N–H and O–H groups in total. The number of amides is 1. The maximum atomic E-state index is 12.4. The average molecular weight is 296 g/mol. The van der Waals surface area contributed by atoms with Gasteiger partial charge in [-0.25, -0.2) is 4.98 Å². The molecule has 6 nitrogen and oxygen atoms in total. The average Bonchev–Trinajstić information content (AvgIpc) is 2.98. The zero-order chi connectivity index (χ0) is 15.1. The van der Waals surface area contributed by atoms with Gasteiger partial charge in [-0.3, -0.25) is 4.79 Å². The fourth-order valence-electron chi connectivity index (χ4n) is 3.51. The first-order valence-electron chi connectivity index (χ1n) is 7.55. The first kappa shape index (κ1) is 13.3. The van der Waals surface area contributed by atoms with Crippen molar-refractivity contribution in [2.24, 2.45) is 5.92 Å². The summed E-state index contributed by atoms with van der Waals surface area (Å²) in [4.78, 5) is 19.0. The van der Waals surface area contributed by atoms with Crippen molar-refractivity contribution in [2.45, 2.75) is 18.9 Å². The minimum atomic E-state index is -0.175. The number of pyridine rings is 1. The van der Waals surface area contributed by atoms with Crippen LogP contribution in [-0.4, -0.2) is 41.5 Å². The van der Waals surface area contributed by atoms with Gasteiger partial charge in [0.25, 0.3) is 5.91 Å². The Morgan fingerprint density at radius 3 is 2.95 bits per heavy atom. The molecule has 0 spiro atoms. The van der Waals surface area contributed by atoms with Gasteiger partial charge >= 0.3 is 0 Å². The summed E-state index contributed by atoms with van der Waals surface area (Å²) in [6.07, 6.45) is 5.19. The number of aromatic nitrogens is 1.